The maximum atomic E-state index is 12.5. The zero-order valence-corrected chi connectivity index (χ0v) is 13.3. The molecule has 0 aromatic heterocycles. The van der Waals surface area contributed by atoms with Crippen molar-refractivity contribution in [2.75, 3.05) is 6.61 Å². The zero-order valence-electron chi connectivity index (χ0n) is 13.3. The molecule has 0 radical (unpaired) electrons. The number of hydrogen-bond donors (Lipinski definition) is 0. The lowest BCUT2D eigenvalue weighted by atomic mass is 9.97. The van der Waals surface area contributed by atoms with Crippen molar-refractivity contribution in [1.82, 2.24) is 4.90 Å². The van der Waals surface area contributed by atoms with Gasteiger partial charge in [0, 0.05) is 12.1 Å². The number of benzene rings is 2. The van der Waals surface area contributed by atoms with Crippen LogP contribution in [0.2, 0.25) is 0 Å². The largest absolute Gasteiger partial charge is 0.484 e. The number of carbonyl (C=O) groups excluding carboxylic acids is 1. The number of nitrogens with zero attached hydrogens (tertiary/aromatic N) is 1. The lowest BCUT2D eigenvalue weighted by Gasteiger charge is -2.38. The first-order valence-electron chi connectivity index (χ1n) is 8.08. The fraction of sp³-hybridized carbons (Fsp3) is 0.421. The standard InChI is InChI=1S/C19H23NO2/c1-14-6-5-7-15(2)20(14)19(21)13-22-18-11-10-16-8-3-4-9-17(16)12-18/h3-4,8-12,14-15H,5-7,13H2,1-2H3/t14-,15-/m1/s1. The van der Waals surface area contributed by atoms with Crippen molar-refractivity contribution in [3.05, 3.63) is 42.5 Å². The molecule has 0 spiro atoms. The number of carbonyl (C=O) groups is 1. The summed E-state index contributed by atoms with van der Waals surface area (Å²) in [6, 6.07) is 14.7. The molecule has 2 aromatic rings. The first kappa shape index (κ1) is 14.9. The minimum Gasteiger partial charge on any atom is -0.484 e. The van der Waals surface area contributed by atoms with Crippen LogP contribution >= 0.6 is 0 Å². The third-order valence-corrected chi connectivity index (χ3v) is 4.56. The lowest BCUT2D eigenvalue weighted by Crippen LogP contribution is -2.49. The molecule has 0 aliphatic carbocycles. The van der Waals surface area contributed by atoms with Gasteiger partial charge >= 0.3 is 0 Å². The molecule has 1 fully saturated rings. The second-order valence-corrected chi connectivity index (χ2v) is 6.23. The van der Waals surface area contributed by atoms with Gasteiger partial charge in [-0.1, -0.05) is 30.3 Å². The molecule has 3 rings (SSSR count). The van der Waals surface area contributed by atoms with E-state index in [1.807, 2.05) is 35.2 Å². The van der Waals surface area contributed by atoms with E-state index in [1.54, 1.807) is 0 Å². The molecular weight excluding hydrogens is 274 g/mol. The Morgan fingerprint density at radius 1 is 1.09 bits per heavy atom. The third-order valence-electron chi connectivity index (χ3n) is 4.56. The topological polar surface area (TPSA) is 29.5 Å². The monoisotopic (exact) mass is 297 g/mol. The van der Waals surface area contributed by atoms with Crippen LogP contribution in [0.1, 0.15) is 33.1 Å². The normalized spacial score (nSPS) is 21.8. The van der Waals surface area contributed by atoms with Gasteiger partial charge in [0.05, 0.1) is 0 Å². The summed E-state index contributed by atoms with van der Waals surface area (Å²) in [5.74, 6) is 0.845. The predicted octanol–water partition coefficient (Wildman–Crippen LogP) is 4.01. The maximum absolute atomic E-state index is 12.5. The first-order valence-corrected chi connectivity index (χ1v) is 8.08. The average molecular weight is 297 g/mol. The summed E-state index contributed by atoms with van der Waals surface area (Å²) >= 11 is 0. The van der Waals surface area contributed by atoms with Crippen LogP contribution < -0.4 is 4.74 Å². The van der Waals surface area contributed by atoms with Gasteiger partial charge in [-0.25, -0.2) is 0 Å². The SMILES string of the molecule is C[C@@H]1CCC[C@@H](C)N1C(=O)COc1ccc2ccccc2c1. The molecule has 3 heteroatoms. The number of amides is 1. The van der Waals surface area contributed by atoms with Gasteiger partial charge in [0.1, 0.15) is 5.75 Å². The van der Waals surface area contributed by atoms with E-state index in [0.29, 0.717) is 12.1 Å². The van der Waals surface area contributed by atoms with E-state index in [4.69, 9.17) is 4.74 Å². The van der Waals surface area contributed by atoms with Crippen LogP contribution in [0.15, 0.2) is 42.5 Å². The van der Waals surface area contributed by atoms with Crippen molar-refractivity contribution >= 4 is 16.7 Å². The van der Waals surface area contributed by atoms with E-state index in [1.165, 1.54) is 11.8 Å². The molecule has 116 valence electrons. The van der Waals surface area contributed by atoms with Crippen molar-refractivity contribution in [2.24, 2.45) is 0 Å². The molecule has 1 aliphatic rings. The Kier molecular flexibility index (Phi) is 4.32. The number of likely N-dealkylation sites (tertiary alicyclic amines) is 1. The Morgan fingerprint density at radius 3 is 2.50 bits per heavy atom. The minimum atomic E-state index is 0.0906. The summed E-state index contributed by atoms with van der Waals surface area (Å²) in [6.45, 7) is 4.38. The van der Waals surface area contributed by atoms with Gasteiger partial charge in [-0.2, -0.15) is 0 Å². The molecule has 2 aromatic carbocycles. The van der Waals surface area contributed by atoms with Crippen LogP contribution in [0.3, 0.4) is 0 Å². The van der Waals surface area contributed by atoms with Crippen molar-refractivity contribution in [3.63, 3.8) is 0 Å². The zero-order chi connectivity index (χ0) is 15.5. The summed E-state index contributed by atoms with van der Waals surface area (Å²) in [7, 11) is 0. The van der Waals surface area contributed by atoms with Crippen molar-refractivity contribution in [3.8, 4) is 5.75 Å². The fourth-order valence-electron chi connectivity index (χ4n) is 3.39. The van der Waals surface area contributed by atoms with Crippen LogP contribution in [0, 0.1) is 0 Å². The number of rotatable bonds is 3. The fourth-order valence-corrected chi connectivity index (χ4v) is 3.39. The van der Waals surface area contributed by atoms with Crippen molar-refractivity contribution in [1.29, 1.82) is 0 Å². The molecule has 0 unspecified atom stereocenters. The smallest absolute Gasteiger partial charge is 0.260 e. The Hall–Kier alpha value is -2.03. The molecule has 22 heavy (non-hydrogen) atoms. The quantitative estimate of drug-likeness (QED) is 0.856. The molecule has 2 atom stereocenters. The van der Waals surface area contributed by atoms with Gasteiger partial charge < -0.3 is 9.64 Å². The molecule has 0 N–H and O–H groups in total. The summed E-state index contributed by atoms with van der Waals surface area (Å²) in [6.07, 6.45) is 3.38. The van der Waals surface area contributed by atoms with Gasteiger partial charge in [0.2, 0.25) is 0 Å². The predicted molar refractivity (Wildman–Crippen MR) is 89.1 cm³/mol. The van der Waals surface area contributed by atoms with Gasteiger partial charge in [-0.15, -0.1) is 0 Å². The van der Waals surface area contributed by atoms with Crippen LogP contribution in [0.4, 0.5) is 0 Å². The Morgan fingerprint density at radius 2 is 1.77 bits per heavy atom. The van der Waals surface area contributed by atoms with Crippen LogP contribution in [-0.4, -0.2) is 29.5 Å². The Bertz CT molecular complexity index is 657. The molecule has 1 aliphatic heterocycles. The Balaban J connectivity index is 1.66. The molecule has 1 saturated heterocycles. The molecular formula is C19H23NO2. The molecule has 0 bridgehead atoms. The highest BCUT2D eigenvalue weighted by molar-refractivity contribution is 5.84. The number of ether oxygens (including phenoxy) is 1. The second kappa shape index (κ2) is 6.39. The van der Waals surface area contributed by atoms with E-state index in [0.717, 1.165) is 24.0 Å². The first-order chi connectivity index (χ1) is 10.6. The van der Waals surface area contributed by atoms with Gasteiger partial charge in [0.25, 0.3) is 5.91 Å². The maximum Gasteiger partial charge on any atom is 0.260 e. The van der Waals surface area contributed by atoms with Gasteiger partial charge in [-0.05, 0) is 56.0 Å². The van der Waals surface area contributed by atoms with Gasteiger partial charge in [0.15, 0.2) is 6.61 Å². The number of piperidine rings is 1. The lowest BCUT2D eigenvalue weighted by molar-refractivity contribution is -0.139. The Labute approximate surface area is 131 Å². The van der Waals surface area contributed by atoms with Crippen LogP contribution in [0.25, 0.3) is 10.8 Å². The summed E-state index contributed by atoms with van der Waals surface area (Å²) in [4.78, 5) is 14.4. The van der Waals surface area contributed by atoms with E-state index >= 15 is 0 Å². The summed E-state index contributed by atoms with van der Waals surface area (Å²) in [5, 5.41) is 2.31. The highest BCUT2D eigenvalue weighted by atomic mass is 16.5. The number of fused-ring (bicyclic) bond motifs is 1. The number of hydrogen-bond acceptors (Lipinski definition) is 2. The average Bonchev–Trinajstić information content (AvgIpc) is 2.52. The minimum absolute atomic E-state index is 0.0906. The van der Waals surface area contributed by atoms with Gasteiger partial charge in [-0.3, -0.25) is 4.79 Å². The molecule has 0 saturated carbocycles. The molecule has 1 heterocycles. The molecule has 3 nitrogen and oxygen atoms in total. The van der Waals surface area contributed by atoms with E-state index in [-0.39, 0.29) is 12.5 Å². The molecule has 1 amide bonds. The second-order valence-electron chi connectivity index (χ2n) is 6.23. The van der Waals surface area contributed by atoms with E-state index < -0.39 is 0 Å². The van der Waals surface area contributed by atoms with E-state index in [2.05, 4.69) is 26.0 Å². The highest BCUT2D eigenvalue weighted by Gasteiger charge is 2.28. The summed E-state index contributed by atoms with van der Waals surface area (Å²) in [5.41, 5.74) is 0. The van der Waals surface area contributed by atoms with Crippen molar-refractivity contribution < 1.29 is 9.53 Å². The third kappa shape index (κ3) is 3.08. The van der Waals surface area contributed by atoms with Crippen LogP contribution in [-0.2, 0) is 4.79 Å². The van der Waals surface area contributed by atoms with Crippen LogP contribution in [0.5, 0.6) is 5.75 Å². The highest BCUT2D eigenvalue weighted by Crippen LogP contribution is 2.24. The van der Waals surface area contributed by atoms with Crippen molar-refractivity contribution in [2.45, 2.75) is 45.2 Å². The van der Waals surface area contributed by atoms with E-state index in [9.17, 15) is 4.79 Å². The summed E-state index contributed by atoms with van der Waals surface area (Å²) < 4.78 is 5.73.